The first kappa shape index (κ1) is 12.2. The molecule has 0 heterocycles. The predicted octanol–water partition coefficient (Wildman–Crippen LogP) is 3.72. The lowest BCUT2D eigenvalue weighted by Crippen LogP contribution is -2.14. The summed E-state index contributed by atoms with van der Waals surface area (Å²) in [5, 5.41) is 11.9. The summed E-state index contributed by atoms with van der Waals surface area (Å²) >= 11 is 3.52. The second-order valence-electron chi connectivity index (χ2n) is 4.45. The van der Waals surface area contributed by atoms with Gasteiger partial charge in [-0.3, -0.25) is 0 Å². The monoisotopic (exact) mass is 288 g/mol. The third kappa shape index (κ3) is 2.88. The van der Waals surface area contributed by atoms with Crippen LogP contribution in [-0.4, -0.2) is 10.7 Å². The highest BCUT2D eigenvalue weighted by atomic mass is 79.9. The molecule has 2 aromatic rings. The van der Waals surface area contributed by atoms with E-state index in [1.54, 1.807) is 13.8 Å². The molecule has 0 bridgehead atoms. The first-order valence-electron chi connectivity index (χ1n) is 5.40. The number of fused-ring (bicyclic) bond motifs is 1. The Bertz CT molecular complexity index is 612. The normalized spacial score (nSPS) is 11.1. The van der Waals surface area contributed by atoms with E-state index in [9.17, 15) is 5.11 Å². The van der Waals surface area contributed by atoms with Crippen molar-refractivity contribution in [2.45, 2.75) is 19.4 Å². The van der Waals surface area contributed by atoms with Gasteiger partial charge in [-0.05, 0) is 36.8 Å². The molecule has 0 atom stereocenters. The maximum atomic E-state index is 9.62. The Labute approximate surface area is 110 Å². The number of hydrogen-bond acceptors (Lipinski definition) is 1. The van der Waals surface area contributed by atoms with Crippen molar-refractivity contribution in [3.05, 3.63) is 46.4 Å². The Hall–Kier alpha value is -1.30. The Morgan fingerprint density at radius 2 is 1.71 bits per heavy atom. The second-order valence-corrected chi connectivity index (χ2v) is 5.30. The van der Waals surface area contributed by atoms with Crippen LogP contribution in [0.1, 0.15) is 19.4 Å². The van der Waals surface area contributed by atoms with E-state index in [4.69, 9.17) is 0 Å². The molecule has 2 rings (SSSR count). The lowest BCUT2D eigenvalue weighted by atomic mass is 10.0. The van der Waals surface area contributed by atoms with Crippen LogP contribution < -0.4 is 0 Å². The zero-order valence-electron chi connectivity index (χ0n) is 9.79. The zero-order chi connectivity index (χ0) is 12.5. The second kappa shape index (κ2) is 4.52. The Balaban J connectivity index is 2.63. The quantitative estimate of drug-likeness (QED) is 0.733. The van der Waals surface area contributed by atoms with E-state index in [0.717, 1.165) is 20.8 Å². The van der Waals surface area contributed by atoms with Crippen LogP contribution in [0.3, 0.4) is 0 Å². The summed E-state index contributed by atoms with van der Waals surface area (Å²) in [7, 11) is 0. The fraction of sp³-hybridized carbons (Fsp3) is 0.200. The van der Waals surface area contributed by atoms with Crippen molar-refractivity contribution >= 4 is 26.7 Å². The number of aliphatic hydroxyl groups is 1. The van der Waals surface area contributed by atoms with E-state index in [-0.39, 0.29) is 0 Å². The van der Waals surface area contributed by atoms with Gasteiger partial charge in [-0.1, -0.05) is 52.0 Å². The van der Waals surface area contributed by atoms with Crippen molar-refractivity contribution < 1.29 is 5.11 Å². The van der Waals surface area contributed by atoms with Gasteiger partial charge >= 0.3 is 0 Å². The van der Waals surface area contributed by atoms with Crippen LogP contribution in [0.2, 0.25) is 0 Å². The van der Waals surface area contributed by atoms with Gasteiger partial charge in [-0.2, -0.15) is 0 Å². The van der Waals surface area contributed by atoms with Crippen molar-refractivity contribution in [2.75, 3.05) is 0 Å². The Kier molecular flexibility index (Phi) is 3.24. The van der Waals surface area contributed by atoms with E-state index < -0.39 is 5.60 Å². The lowest BCUT2D eigenvalue weighted by Gasteiger charge is -2.07. The largest absolute Gasteiger partial charge is 0.378 e. The van der Waals surface area contributed by atoms with Gasteiger partial charge in [0.2, 0.25) is 0 Å². The molecule has 86 valence electrons. The number of hydrogen-bond donors (Lipinski definition) is 1. The molecule has 2 aromatic carbocycles. The van der Waals surface area contributed by atoms with E-state index in [0.29, 0.717) is 0 Å². The maximum absolute atomic E-state index is 9.62. The molecular formula is C15H13BrO. The molecule has 0 saturated heterocycles. The van der Waals surface area contributed by atoms with Gasteiger partial charge in [-0.15, -0.1) is 0 Å². The fourth-order valence-corrected chi connectivity index (χ4v) is 2.07. The molecule has 0 spiro atoms. The third-order valence-electron chi connectivity index (χ3n) is 2.37. The van der Waals surface area contributed by atoms with Gasteiger partial charge in [-0.25, -0.2) is 0 Å². The van der Waals surface area contributed by atoms with Crippen LogP contribution in [0, 0.1) is 11.8 Å². The average molecular weight is 289 g/mol. The number of benzene rings is 2. The summed E-state index contributed by atoms with van der Waals surface area (Å²) in [6.45, 7) is 3.36. The first-order chi connectivity index (χ1) is 7.97. The minimum absolute atomic E-state index is 0.936. The topological polar surface area (TPSA) is 20.2 Å². The summed E-state index contributed by atoms with van der Waals surface area (Å²) in [5.74, 6) is 5.87. The van der Waals surface area contributed by atoms with Crippen LogP contribution in [0.25, 0.3) is 10.8 Å². The van der Waals surface area contributed by atoms with Crippen molar-refractivity contribution in [3.8, 4) is 11.8 Å². The SMILES string of the molecule is CC(C)(O)C#Cc1ccc(Br)c2ccccc12. The Morgan fingerprint density at radius 1 is 1.06 bits per heavy atom. The highest BCUT2D eigenvalue weighted by Gasteiger charge is 2.07. The molecule has 0 aromatic heterocycles. The smallest absolute Gasteiger partial charge is 0.120 e. The minimum Gasteiger partial charge on any atom is -0.378 e. The molecule has 1 N–H and O–H groups in total. The van der Waals surface area contributed by atoms with Crippen LogP contribution >= 0.6 is 15.9 Å². The van der Waals surface area contributed by atoms with Crippen molar-refractivity contribution in [1.29, 1.82) is 0 Å². The van der Waals surface area contributed by atoms with Gasteiger partial charge in [0.25, 0.3) is 0 Å². The van der Waals surface area contributed by atoms with Gasteiger partial charge in [0.15, 0.2) is 0 Å². The molecule has 0 fully saturated rings. The molecule has 0 aliphatic carbocycles. The lowest BCUT2D eigenvalue weighted by molar-refractivity contribution is 0.143. The third-order valence-corrected chi connectivity index (χ3v) is 3.07. The number of rotatable bonds is 0. The van der Waals surface area contributed by atoms with Crippen LogP contribution in [-0.2, 0) is 0 Å². The summed E-state index contributed by atoms with van der Waals surface area (Å²) < 4.78 is 1.06. The molecule has 0 radical (unpaired) electrons. The molecular weight excluding hydrogens is 276 g/mol. The summed E-state index contributed by atoms with van der Waals surface area (Å²) in [4.78, 5) is 0. The van der Waals surface area contributed by atoms with Gasteiger partial charge in [0.05, 0.1) is 0 Å². The molecule has 0 aliphatic heterocycles. The van der Waals surface area contributed by atoms with Crippen LogP contribution in [0.15, 0.2) is 40.9 Å². The molecule has 0 unspecified atom stereocenters. The van der Waals surface area contributed by atoms with Gasteiger partial charge < -0.3 is 5.11 Å². The van der Waals surface area contributed by atoms with E-state index in [1.807, 2.05) is 30.3 Å². The minimum atomic E-state index is -0.964. The van der Waals surface area contributed by atoms with Crippen LogP contribution in [0.5, 0.6) is 0 Å². The van der Waals surface area contributed by atoms with Crippen molar-refractivity contribution in [3.63, 3.8) is 0 Å². The summed E-state index contributed by atoms with van der Waals surface area (Å²) in [6, 6.07) is 12.0. The van der Waals surface area contributed by atoms with E-state index >= 15 is 0 Å². The molecule has 1 nitrogen and oxygen atoms in total. The molecule has 0 aliphatic rings. The van der Waals surface area contributed by atoms with E-state index in [2.05, 4.69) is 33.8 Å². The number of halogens is 1. The molecule has 0 saturated carbocycles. The maximum Gasteiger partial charge on any atom is 0.120 e. The molecule has 17 heavy (non-hydrogen) atoms. The first-order valence-corrected chi connectivity index (χ1v) is 6.19. The van der Waals surface area contributed by atoms with Gasteiger partial charge in [0.1, 0.15) is 5.60 Å². The predicted molar refractivity (Wildman–Crippen MR) is 74.8 cm³/mol. The standard InChI is InChI=1S/C15H13BrO/c1-15(2,17)10-9-11-7-8-14(16)13-6-4-3-5-12(11)13/h3-8,17H,1-2H3. The van der Waals surface area contributed by atoms with E-state index in [1.165, 1.54) is 0 Å². The molecule has 2 heteroatoms. The highest BCUT2D eigenvalue weighted by Crippen LogP contribution is 2.26. The van der Waals surface area contributed by atoms with Gasteiger partial charge in [0, 0.05) is 10.0 Å². The summed E-state index contributed by atoms with van der Waals surface area (Å²) in [5.41, 5.74) is -0.0281. The summed E-state index contributed by atoms with van der Waals surface area (Å²) in [6.07, 6.45) is 0. The zero-order valence-corrected chi connectivity index (χ0v) is 11.4. The highest BCUT2D eigenvalue weighted by molar-refractivity contribution is 9.10. The fourth-order valence-electron chi connectivity index (χ4n) is 1.59. The Morgan fingerprint density at radius 3 is 2.35 bits per heavy atom. The van der Waals surface area contributed by atoms with Crippen LogP contribution in [0.4, 0.5) is 0 Å². The van der Waals surface area contributed by atoms with Crippen molar-refractivity contribution in [2.24, 2.45) is 0 Å². The molecule has 0 amide bonds. The average Bonchev–Trinajstić information content (AvgIpc) is 2.27. The van der Waals surface area contributed by atoms with Crippen molar-refractivity contribution in [1.82, 2.24) is 0 Å².